The molecule has 8 unspecified atom stereocenters. The molecule has 13 heteroatoms. The van der Waals surface area contributed by atoms with E-state index in [0.29, 0.717) is 11.4 Å². The number of aliphatic hydroxyl groups is 7. The van der Waals surface area contributed by atoms with Crippen LogP contribution in [0.25, 0.3) is 0 Å². The molecule has 37 heavy (non-hydrogen) atoms. The number of ether oxygens (including phenoxy) is 2. The first-order valence-electron chi connectivity index (χ1n) is 11.5. The minimum atomic E-state index is -1.80. The maximum atomic E-state index is 11.1. The Bertz CT molecular complexity index is 996. The number of para-hydroxylation sites is 2. The van der Waals surface area contributed by atoms with Gasteiger partial charge in [-0.2, -0.15) is 10.2 Å². The smallest absolute Gasteiger partial charge is 0.187 e. The summed E-state index contributed by atoms with van der Waals surface area (Å²) < 4.78 is 10.9. The van der Waals surface area contributed by atoms with Crippen molar-refractivity contribution in [2.24, 2.45) is 10.2 Å². The average molecular weight is 521 g/mol. The topological polar surface area (TPSA) is 209 Å². The zero-order valence-electron chi connectivity index (χ0n) is 19.7. The summed E-state index contributed by atoms with van der Waals surface area (Å²) in [6.45, 7) is -1.55. The van der Waals surface area contributed by atoms with Crippen LogP contribution in [0.3, 0.4) is 0 Å². The van der Waals surface area contributed by atoms with Crippen LogP contribution < -0.4 is 10.9 Å². The van der Waals surface area contributed by atoms with E-state index in [1.807, 2.05) is 6.07 Å². The molecule has 1 aliphatic rings. The van der Waals surface area contributed by atoms with Gasteiger partial charge >= 0.3 is 0 Å². The predicted octanol–water partition coefficient (Wildman–Crippen LogP) is -1.55. The van der Waals surface area contributed by atoms with E-state index in [1.54, 1.807) is 54.6 Å². The first-order valence-corrected chi connectivity index (χ1v) is 11.5. The number of benzene rings is 2. The van der Waals surface area contributed by atoms with E-state index < -0.39 is 62.2 Å². The summed E-state index contributed by atoms with van der Waals surface area (Å²) in [6, 6.07) is 17.7. The Kier molecular flexibility index (Phi) is 10.9. The maximum absolute atomic E-state index is 11.1. The number of rotatable bonds is 12. The highest BCUT2D eigenvalue weighted by molar-refractivity contribution is 6.33. The number of hydrogen-bond acceptors (Lipinski definition) is 13. The molecule has 0 aromatic heterocycles. The Balaban J connectivity index is 1.85. The van der Waals surface area contributed by atoms with Gasteiger partial charge in [0, 0.05) is 0 Å². The van der Waals surface area contributed by atoms with Gasteiger partial charge in [-0.05, 0) is 24.3 Å². The molecule has 0 saturated carbocycles. The van der Waals surface area contributed by atoms with Gasteiger partial charge < -0.3 is 45.2 Å². The van der Waals surface area contributed by atoms with E-state index in [9.17, 15) is 35.7 Å². The van der Waals surface area contributed by atoms with E-state index in [0.717, 1.165) is 0 Å². The van der Waals surface area contributed by atoms with Crippen LogP contribution >= 0.6 is 0 Å². The zero-order valence-corrected chi connectivity index (χ0v) is 19.7. The standard InChI is InChI=1S/C24H32N4O9/c29-12-17(31)23(37-24-22(35)21(34)20(33)18(13-30)36-24)19(32)16(28-27-15-9-5-2-6-10-15)11-25-26-14-7-3-1-4-8-14/h1-11,17-24,26-27,29-35H,12-13H2. The lowest BCUT2D eigenvalue weighted by atomic mass is 9.98. The molecular formula is C24H32N4O9. The van der Waals surface area contributed by atoms with Crippen LogP contribution in [0, 0.1) is 0 Å². The first kappa shape index (κ1) is 28.6. The fourth-order valence-corrected chi connectivity index (χ4v) is 3.48. The number of aliphatic hydroxyl groups excluding tert-OH is 7. The molecule has 0 radical (unpaired) electrons. The Morgan fingerprint density at radius 2 is 1.49 bits per heavy atom. The third-order valence-corrected chi connectivity index (χ3v) is 5.57. The number of nitrogens with one attached hydrogen (secondary N) is 2. The minimum Gasteiger partial charge on any atom is -0.394 e. The molecule has 0 aliphatic carbocycles. The van der Waals surface area contributed by atoms with Crippen LogP contribution in [0.15, 0.2) is 70.9 Å². The van der Waals surface area contributed by atoms with Gasteiger partial charge in [-0.1, -0.05) is 36.4 Å². The van der Waals surface area contributed by atoms with Gasteiger partial charge in [-0.25, -0.2) is 0 Å². The normalized spacial score (nSPS) is 27.0. The van der Waals surface area contributed by atoms with Crippen molar-refractivity contribution in [3.05, 3.63) is 60.7 Å². The van der Waals surface area contributed by atoms with Gasteiger partial charge in [-0.15, -0.1) is 0 Å². The van der Waals surface area contributed by atoms with Gasteiger partial charge in [0.2, 0.25) is 0 Å². The molecular weight excluding hydrogens is 488 g/mol. The van der Waals surface area contributed by atoms with Crippen molar-refractivity contribution in [3.63, 3.8) is 0 Å². The van der Waals surface area contributed by atoms with Crippen molar-refractivity contribution in [2.75, 3.05) is 24.1 Å². The third-order valence-electron chi connectivity index (χ3n) is 5.57. The molecule has 1 aliphatic heterocycles. The maximum Gasteiger partial charge on any atom is 0.187 e. The van der Waals surface area contributed by atoms with Gasteiger partial charge in [0.25, 0.3) is 0 Å². The number of anilines is 2. The van der Waals surface area contributed by atoms with Crippen molar-refractivity contribution in [3.8, 4) is 0 Å². The van der Waals surface area contributed by atoms with Crippen molar-refractivity contribution < 1.29 is 45.2 Å². The number of hydrogen-bond donors (Lipinski definition) is 9. The van der Waals surface area contributed by atoms with Gasteiger partial charge in [0.1, 0.15) is 48.4 Å². The molecule has 3 rings (SSSR count). The second-order valence-electron chi connectivity index (χ2n) is 8.24. The van der Waals surface area contributed by atoms with E-state index in [-0.39, 0.29) is 5.71 Å². The molecule has 0 amide bonds. The molecule has 2 aromatic carbocycles. The van der Waals surface area contributed by atoms with Crippen molar-refractivity contribution >= 4 is 23.3 Å². The van der Waals surface area contributed by atoms with Crippen molar-refractivity contribution in [1.82, 2.24) is 0 Å². The van der Waals surface area contributed by atoms with E-state index in [4.69, 9.17) is 9.47 Å². The lowest BCUT2D eigenvalue weighted by molar-refractivity contribution is -0.322. The molecule has 9 N–H and O–H groups in total. The van der Waals surface area contributed by atoms with Crippen LogP contribution in [0.5, 0.6) is 0 Å². The first-order chi connectivity index (χ1) is 17.8. The van der Waals surface area contributed by atoms with Crippen LogP contribution in [0.4, 0.5) is 11.4 Å². The Hall–Kier alpha value is -2.98. The molecule has 1 saturated heterocycles. The summed E-state index contributed by atoms with van der Waals surface area (Å²) in [5.41, 5.74) is 6.59. The zero-order chi connectivity index (χ0) is 26.8. The van der Waals surface area contributed by atoms with Crippen LogP contribution in [0.1, 0.15) is 0 Å². The minimum absolute atomic E-state index is 0.144. The third kappa shape index (κ3) is 7.75. The fraction of sp³-hybridized carbons (Fsp3) is 0.417. The monoisotopic (exact) mass is 520 g/mol. The molecule has 0 bridgehead atoms. The van der Waals surface area contributed by atoms with Crippen molar-refractivity contribution in [1.29, 1.82) is 0 Å². The molecule has 13 nitrogen and oxygen atoms in total. The lowest BCUT2D eigenvalue weighted by Crippen LogP contribution is -2.61. The second kappa shape index (κ2) is 14.1. The largest absolute Gasteiger partial charge is 0.394 e. The summed E-state index contributed by atoms with van der Waals surface area (Å²) in [7, 11) is 0. The Labute approximate surface area is 212 Å². The molecule has 8 atom stereocenters. The summed E-state index contributed by atoms with van der Waals surface area (Å²) in [5.74, 6) is 0. The second-order valence-corrected chi connectivity index (χ2v) is 8.24. The summed E-state index contributed by atoms with van der Waals surface area (Å²) >= 11 is 0. The average Bonchev–Trinajstić information content (AvgIpc) is 2.93. The molecule has 1 heterocycles. The molecule has 0 spiro atoms. The summed E-state index contributed by atoms with van der Waals surface area (Å²) in [5, 5.41) is 79.1. The molecule has 1 fully saturated rings. The van der Waals surface area contributed by atoms with E-state index in [2.05, 4.69) is 21.1 Å². The SMILES string of the molecule is OCC(O)C(OC1OC(CO)C(O)C(O)C1O)C(O)C(C=NNc1ccccc1)=NNc1ccccc1. The van der Waals surface area contributed by atoms with Crippen LogP contribution in [-0.4, -0.2) is 110 Å². The highest BCUT2D eigenvalue weighted by atomic mass is 16.7. The van der Waals surface area contributed by atoms with Crippen molar-refractivity contribution in [2.45, 2.75) is 49.0 Å². The fourth-order valence-electron chi connectivity index (χ4n) is 3.48. The van der Waals surface area contributed by atoms with Crippen LogP contribution in [0.2, 0.25) is 0 Å². The Morgan fingerprint density at radius 1 is 0.892 bits per heavy atom. The lowest BCUT2D eigenvalue weighted by Gasteiger charge is -2.41. The quantitative estimate of drug-likeness (QED) is 0.116. The summed E-state index contributed by atoms with van der Waals surface area (Å²) in [6.07, 6.45) is -12.1. The Morgan fingerprint density at radius 3 is 2.05 bits per heavy atom. The molecule has 2 aromatic rings. The van der Waals surface area contributed by atoms with Gasteiger partial charge in [0.15, 0.2) is 6.29 Å². The highest BCUT2D eigenvalue weighted by Crippen LogP contribution is 2.24. The predicted molar refractivity (Wildman–Crippen MR) is 134 cm³/mol. The van der Waals surface area contributed by atoms with Gasteiger partial charge in [0.05, 0.1) is 30.8 Å². The number of hydrazone groups is 2. The molecule has 202 valence electrons. The van der Waals surface area contributed by atoms with Crippen LogP contribution in [-0.2, 0) is 9.47 Å². The summed E-state index contributed by atoms with van der Waals surface area (Å²) in [4.78, 5) is 0. The van der Waals surface area contributed by atoms with E-state index >= 15 is 0 Å². The van der Waals surface area contributed by atoms with Gasteiger partial charge in [-0.3, -0.25) is 10.9 Å². The van der Waals surface area contributed by atoms with E-state index in [1.165, 1.54) is 6.21 Å². The number of nitrogens with zero attached hydrogens (tertiary/aromatic N) is 2. The highest BCUT2D eigenvalue weighted by Gasteiger charge is 2.46.